The van der Waals surface area contributed by atoms with Crippen LogP contribution in [-0.4, -0.2) is 53.7 Å². The van der Waals surface area contributed by atoms with Crippen molar-refractivity contribution in [2.75, 3.05) is 53.7 Å². The lowest BCUT2D eigenvalue weighted by Gasteiger charge is -2.10. The summed E-state index contributed by atoms with van der Waals surface area (Å²) in [4.78, 5) is 0. The Labute approximate surface area is 114 Å². The maximum Gasteiger partial charge on any atom is 0.161 e. The highest BCUT2D eigenvalue weighted by Gasteiger charge is 2.01. The first-order chi connectivity index (χ1) is 9.38. The molecule has 108 valence electrons. The second-order valence-corrected chi connectivity index (χ2v) is 3.85. The Morgan fingerprint density at radius 2 is 1.63 bits per heavy atom. The molecule has 0 fully saturated rings. The van der Waals surface area contributed by atoms with Crippen molar-refractivity contribution >= 4 is 0 Å². The molecule has 0 atom stereocenters. The Morgan fingerprint density at radius 3 is 2.37 bits per heavy atom. The van der Waals surface area contributed by atoms with E-state index in [4.69, 9.17) is 18.9 Å². The second-order valence-electron chi connectivity index (χ2n) is 3.85. The number of hydrogen-bond acceptors (Lipinski definition) is 5. The van der Waals surface area contributed by atoms with Gasteiger partial charge in [-0.2, -0.15) is 0 Å². The number of benzene rings is 1. The van der Waals surface area contributed by atoms with E-state index in [1.165, 1.54) is 0 Å². The molecule has 0 saturated heterocycles. The van der Waals surface area contributed by atoms with Gasteiger partial charge in [-0.25, -0.2) is 0 Å². The maximum atomic E-state index is 5.58. The first kappa shape index (κ1) is 15.8. The number of hydrogen-bond donors (Lipinski definition) is 1. The molecule has 0 heterocycles. The van der Waals surface area contributed by atoms with Crippen molar-refractivity contribution in [3.63, 3.8) is 0 Å². The molecule has 5 heteroatoms. The minimum Gasteiger partial charge on any atom is -0.493 e. The molecule has 0 radical (unpaired) electrons. The van der Waals surface area contributed by atoms with Crippen LogP contribution in [0.2, 0.25) is 0 Å². The van der Waals surface area contributed by atoms with Gasteiger partial charge in [-0.05, 0) is 12.1 Å². The van der Waals surface area contributed by atoms with Gasteiger partial charge in [0.25, 0.3) is 0 Å². The summed E-state index contributed by atoms with van der Waals surface area (Å²) in [6.45, 7) is 4.12. The van der Waals surface area contributed by atoms with E-state index in [2.05, 4.69) is 5.32 Å². The third-order valence-electron chi connectivity index (χ3n) is 2.46. The Morgan fingerprint density at radius 1 is 0.895 bits per heavy atom. The number of nitrogens with one attached hydrogen (secondary N) is 1. The first-order valence-electron chi connectivity index (χ1n) is 6.41. The average Bonchev–Trinajstić information content (AvgIpc) is 2.46. The molecule has 0 spiro atoms. The largest absolute Gasteiger partial charge is 0.493 e. The number of rotatable bonds is 11. The second kappa shape index (κ2) is 10.6. The summed E-state index contributed by atoms with van der Waals surface area (Å²) >= 11 is 0. The molecule has 0 saturated carbocycles. The number of ether oxygens (including phenoxy) is 4. The van der Waals surface area contributed by atoms with Gasteiger partial charge in [0.15, 0.2) is 11.5 Å². The molecule has 0 aliphatic heterocycles. The molecule has 0 aliphatic carbocycles. The molecule has 0 aliphatic rings. The van der Waals surface area contributed by atoms with Gasteiger partial charge in [0.2, 0.25) is 0 Å². The van der Waals surface area contributed by atoms with Gasteiger partial charge in [0.05, 0.1) is 26.9 Å². The van der Waals surface area contributed by atoms with Gasteiger partial charge in [-0.15, -0.1) is 0 Å². The van der Waals surface area contributed by atoms with Gasteiger partial charge in [0, 0.05) is 20.2 Å². The lowest BCUT2D eigenvalue weighted by Crippen LogP contribution is -2.24. The van der Waals surface area contributed by atoms with E-state index in [-0.39, 0.29) is 0 Å². The molecule has 0 amide bonds. The Hall–Kier alpha value is -1.30. The molecule has 1 aromatic rings. The summed E-state index contributed by atoms with van der Waals surface area (Å²) < 4.78 is 21.1. The Balaban J connectivity index is 2.01. The van der Waals surface area contributed by atoms with Crippen LogP contribution >= 0.6 is 0 Å². The average molecular weight is 269 g/mol. The van der Waals surface area contributed by atoms with Crippen LogP contribution in [-0.2, 0) is 9.47 Å². The van der Waals surface area contributed by atoms with Crippen LogP contribution in [0.4, 0.5) is 0 Å². The smallest absolute Gasteiger partial charge is 0.161 e. The van der Waals surface area contributed by atoms with Gasteiger partial charge in [0.1, 0.15) is 6.61 Å². The van der Waals surface area contributed by atoms with Gasteiger partial charge < -0.3 is 24.3 Å². The van der Waals surface area contributed by atoms with Crippen LogP contribution < -0.4 is 14.8 Å². The molecular formula is C14H23NO4. The minimum atomic E-state index is 0.512. The van der Waals surface area contributed by atoms with Gasteiger partial charge in [-0.1, -0.05) is 12.1 Å². The van der Waals surface area contributed by atoms with E-state index >= 15 is 0 Å². The summed E-state index contributed by atoms with van der Waals surface area (Å²) in [5, 5.41) is 3.20. The van der Waals surface area contributed by atoms with E-state index in [0.717, 1.165) is 31.2 Å². The van der Waals surface area contributed by atoms with Crippen LogP contribution in [0.25, 0.3) is 0 Å². The monoisotopic (exact) mass is 269 g/mol. The predicted octanol–water partition coefficient (Wildman–Crippen LogP) is 1.33. The third kappa shape index (κ3) is 7.00. The van der Waals surface area contributed by atoms with Crippen molar-refractivity contribution < 1.29 is 18.9 Å². The number of para-hydroxylation sites is 2. The summed E-state index contributed by atoms with van der Waals surface area (Å²) in [6, 6.07) is 7.58. The molecule has 1 aromatic carbocycles. The van der Waals surface area contributed by atoms with Crippen molar-refractivity contribution in [3.05, 3.63) is 24.3 Å². The topological polar surface area (TPSA) is 49.0 Å². The van der Waals surface area contributed by atoms with E-state index in [1.54, 1.807) is 14.2 Å². The zero-order chi connectivity index (χ0) is 13.8. The van der Waals surface area contributed by atoms with Crippen molar-refractivity contribution in [1.29, 1.82) is 0 Å². The molecule has 1 rings (SSSR count). The fourth-order valence-electron chi connectivity index (χ4n) is 1.49. The first-order valence-corrected chi connectivity index (χ1v) is 6.41. The Kier molecular flexibility index (Phi) is 8.80. The molecular weight excluding hydrogens is 246 g/mol. The Bertz CT molecular complexity index is 333. The third-order valence-corrected chi connectivity index (χ3v) is 2.46. The lowest BCUT2D eigenvalue weighted by atomic mass is 10.3. The van der Waals surface area contributed by atoms with Crippen LogP contribution in [0.1, 0.15) is 0 Å². The molecule has 5 nitrogen and oxygen atoms in total. The van der Waals surface area contributed by atoms with E-state index in [9.17, 15) is 0 Å². The summed E-state index contributed by atoms with van der Waals surface area (Å²) in [5.74, 6) is 1.48. The van der Waals surface area contributed by atoms with Crippen LogP contribution in [0.15, 0.2) is 24.3 Å². The summed E-state index contributed by atoms with van der Waals surface area (Å²) in [5.41, 5.74) is 0. The van der Waals surface area contributed by atoms with Crippen LogP contribution in [0, 0.1) is 0 Å². The summed E-state index contributed by atoms with van der Waals surface area (Å²) in [7, 11) is 3.32. The minimum absolute atomic E-state index is 0.512. The van der Waals surface area contributed by atoms with Crippen molar-refractivity contribution in [2.45, 2.75) is 0 Å². The molecule has 19 heavy (non-hydrogen) atoms. The van der Waals surface area contributed by atoms with Crippen LogP contribution in [0.5, 0.6) is 11.5 Å². The van der Waals surface area contributed by atoms with Crippen molar-refractivity contribution in [3.8, 4) is 11.5 Å². The quantitative estimate of drug-likeness (QED) is 0.614. The highest BCUT2D eigenvalue weighted by Crippen LogP contribution is 2.25. The highest BCUT2D eigenvalue weighted by atomic mass is 16.5. The fraction of sp³-hybridized carbons (Fsp3) is 0.571. The molecule has 1 N–H and O–H groups in total. The normalized spacial score (nSPS) is 10.4. The van der Waals surface area contributed by atoms with Crippen molar-refractivity contribution in [1.82, 2.24) is 5.32 Å². The highest BCUT2D eigenvalue weighted by molar-refractivity contribution is 5.39. The zero-order valence-electron chi connectivity index (χ0n) is 11.7. The zero-order valence-corrected chi connectivity index (χ0v) is 11.7. The molecule has 0 bridgehead atoms. The van der Waals surface area contributed by atoms with E-state index in [1.807, 2.05) is 24.3 Å². The molecule has 0 aromatic heterocycles. The fourth-order valence-corrected chi connectivity index (χ4v) is 1.49. The lowest BCUT2D eigenvalue weighted by molar-refractivity contribution is 0.0992. The van der Waals surface area contributed by atoms with E-state index < -0.39 is 0 Å². The van der Waals surface area contributed by atoms with E-state index in [0.29, 0.717) is 19.8 Å². The number of methoxy groups -OCH3 is 2. The SMILES string of the molecule is COCCNCCOCCOc1ccccc1OC. The summed E-state index contributed by atoms with van der Waals surface area (Å²) in [6.07, 6.45) is 0. The standard InChI is InChI=1S/C14H23NO4/c1-16-9-7-15-8-10-18-11-12-19-14-6-4-3-5-13(14)17-2/h3-6,15H,7-12H2,1-2H3. The van der Waals surface area contributed by atoms with Crippen LogP contribution in [0.3, 0.4) is 0 Å². The molecule has 0 unspecified atom stereocenters. The van der Waals surface area contributed by atoms with Gasteiger partial charge in [-0.3, -0.25) is 0 Å². The predicted molar refractivity (Wildman–Crippen MR) is 74.1 cm³/mol. The van der Waals surface area contributed by atoms with Gasteiger partial charge >= 0.3 is 0 Å². The maximum absolute atomic E-state index is 5.58. The van der Waals surface area contributed by atoms with Crippen molar-refractivity contribution in [2.24, 2.45) is 0 Å².